The molecule has 0 saturated heterocycles. The van der Waals surface area contributed by atoms with E-state index >= 15 is 0 Å². The number of hydrogen-bond donors (Lipinski definition) is 1. The number of carbonyl (C=O) groups is 2. The Morgan fingerprint density at radius 3 is 2.36 bits per heavy atom. The fraction of sp³-hybridized carbons (Fsp3) is 0.222. The third-order valence-corrected chi connectivity index (χ3v) is 4.25. The number of carbonyl (C=O) groups excluding carboxylic acids is 2. The number of nitrogens with one attached hydrogen (secondary N) is 1. The van der Waals surface area contributed by atoms with E-state index in [1.807, 2.05) is 6.07 Å². The molecule has 2 aromatic rings. The van der Waals surface area contributed by atoms with Crippen LogP contribution >= 0.6 is 0 Å². The van der Waals surface area contributed by atoms with Gasteiger partial charge in [0.2, 0.25) is 5.91 Å². The zero-order valence-corrected chi connectivity index (χ0v) is 14.9. The average molecular weight is 360 g/mol. The first kappa shape index (κ1) is 18.7. The minimum absolute atomic E-state index is 0.0941. The lowest BCUT2D eigenvalue weighted by molar-refractivity contribution is -0.116. The maximum atomic E-state index is 12.2. The predicted molar refractivity (Wildman–Crippen MR) is 97.0 cm³/mol. The first-order chi connectivity index (χ1) is 11.7. The van der Waals surface area contributed by atoms with Gasteiger partial charge in [0.1, 0.15) is 0 Å². The van der Waals surface area contributed by atoms with E-state index in [2.05, 4.69) is 5.32 Å². The van der Waals surface area contributed by atoms with Gasteiger partial charge >= 0.3 is 0 Å². The molecular weight excluding hydrogens is 340 g/mol. The summed E-state index contributed by atoms with van der Waals surface area (Å²) in [7, 11) is -1.60. The lowest BCUT2D eigenvalue weighted by atomic mass is 10.2. The van der Waals surface area contributed by atoms with Gasteiger partial charge in [0.05, 0.1) is 12.3 Å². The molecule has 1 N–H and O–H groups in total. The van der Waals surface area contributed by atoms with Gasteiger partial charge in [-0.1, -0.05) is 30.3 Å². The molecule has 0 atom stereocenters. The van der Waals surface area contributed by atoms with Crippen LogP contribution in [0.5, 0.6) is 0 Å². The second kappa shape index (κ2) is 7.94. The maximum absolute atomic E-state index is 12.2. The summed E-state index contributed by atoms with van der Waals surface area (Å²) < 4.78 is 22.7. The summed E-state index contributed by atoms with van der Waals surface area (Å²) in [6.07, 6.45) is 1.16. The van der Waals surface area contributed by atoms with Crippen LogP contribution in [-0.2, 0) is 20.4 Å². The van der Waals surface area contributed by atoms with Crippen molar-refractivity contribution in [2.24, 2.45) is 0 Å². The van der Waals surface area contributed by atoms with Crippen molar-refractivity contribution in [2.75, 3.05) is 25.2 Å². The van der Waals surface area contributed by atoms with Crippen molar-refractivity contribution >= 4 is 27.3 Å². The number of hydrogen-bond acceptors (Lipinski definition) is 4. The highest BCUT2D eigenvalue weighted by Crippen LogP contribution is 2.13. The standard InChI is InChI=1S/C18H20N2O4S/c1-20(18(22)15-8-4-3-5-9-15)12-17(21)19-16-10-6-7-14(11-16)13-25(2,23)24/h3-11H,12-13H2,1-2H3,(H,19,21). The molecule has 0 saturated carbocycles. The molecule has 132 valence electrons. The Morgan fingerprint density at radius 2 is 1.72 bits per heavy atom. The van der Waals surface area contributed by atoms with Crippen molar-refractivity contribution in [2.45, 2.75) is 5.75 Å². The van der Waals surface area contributed by atoms with Crippen molar-refractivity contribution < 1.29 is 18.0 Å². The molecule has 2 aromatic carbocycles. The summed E-state index contributed by atoms with van der Waals surface area (Å²) >= 11 is 0. The Labute approximate surface area is 147 Å². The molecule has 0 unspecified atom stereocenters. The fourth-order valence-corrected chi connectivity index (χ4v) is 3.12. The molecule has 25 heavy (non-hydrogen) atoms. The third-order valence-electron chi connectivity index (χ3n) is 3.39. The average Bonchev–Trinajstić information content (AvgIpc) is 2.53. The largest absolute Gasteiger partial charge is 0.332 e. The first-order valence-electron chi connectivity index (χ1n) is 7.61. The Kier molecular flexibility index (Phi) is 5.93. The minimum atomic E-state index is -3.15. The molecule has 0 aliphatic heterocycles. The molecule has 0 radical (unpaired) electrons. The molecule has 0 aliphatic rings. The SMILES string of the molecule is CN(CC(=O)Nc1cccc(CS(C)(=O)=O)c1)C(=O)c1ccccc1. The van der Waals surface area contributed by atoms with Crippen LogP contribution in [-0.4, -0.2) is 45.0 Å². The Bertz CT molecular complexity index is 864. The van der Waals surface area contributed by atoms with E-state index in [4.69, 9.17) is 0 Å². The number of nitrogens with zero attached hydrogens (tertiary/aromatic N) is 1. The van der Waals surface area contributed by atoms with Crippen LogP contribution in [0, 0.1) is 0 Å². The van der Waals surface area contributed by atoms with Gasteiger partial charge < -0.3 is 10.2 Å². The molecule has 6 nitrogen and oxygen atoms in total. The predicted octanol–water partition coefficient (Wildman–Crippen LogP) is 1.94. The van der Waals surface area contributed by atoms with Crippen LogP contribution in [0.25, 0.3) is 0 Å². The Hall–Kier alpha value is -2.67. The van der Waals surface area contributed by atoms with Gasteiger partial charge in [-0.05, 0) is 29.8 Å². The zero-order chi connectivity index (χ0) is 18.4. The molecule has 0 fully saturated rings. The topological polar surface area (TPSA) is 83.6 Å². The molecule has 0 aromatic heterocycles. The summed E-state index contributed by atoms with van der Waals surface area (Å²) in [6, 6.07) is 15.3. The molecule has 2 rings (SSSR count). The molecule has 0 bridgehead atoms. The van der Waals surface area contributed by atoms with Crippen molar-refractivity contribution in [3.63, 3.8) is 0 Å². The third kappa shape index (κ3) is 6.04. The number of anilines is 1. The maximum Gasteiger partial charge on any atom is 0.254 e. The van der Waals surface area contributed by atoms with Gasteiger partial charge in [-0.2, -0.15) is 0 Å². The highest BCUT2D eigenvalue weighted by atomic mass is 32.2. The minimum Gasteiger partial charge on any atom is -0.332 e. The van der Waals surface area contributed by atoms with E-state index in [-0.39, 0.29) is 24.1 Å². The molecule has 0 heterocycles. The number of likely N-dealkylation sites (N-methyl/N-ethyl adjacent to an activating group) is 1. The van der Waals surface area contributed by atoms with Gasteiger partial charge in [-0.25, -0.2) is 8.42 Å². The van der Waals surface area contributed by atoms with Gasteiger partial charge in [0.25, 0.3) is 5.91 Å². The highest BCUT2D eigenvalue weighted by Gasteiger charge is 2.15. The summed E-state index contributed by atoms with van der Waals surface area (Å²) in [5.74, 6) is -0.701. The van der Waals surface area contributed by atoms with Crippen LogP contribution in [0.1, 0.15) is 15.9 Å². The van der Waals surface area contributed by atoms with Crippen LogP contribution in [0.2, 0.25) is 0 Å². The smallest absolute Gasteiger partial charge is 0.254 e. The summed E-state index contributed by atoms with van der Waals surface area (Å²) in [5, 5.41) is 2.68. The van der Waals surface area contributed by atoms with Crippen molar-refractivity contribution in [1.29, 1.82) is 0 Å². The summed E-state index contributed by atoms with van der Waals surface area (Å²) in [6.45, 7) is -0.107. The zero-order valence-electron chi connectivity index (χ0n) is 14.1. The molecular formula is C18H20N2O4S. The molecule has 7 heteroatoms. The lowest BCUT2D eigenvalue weighted by Gasteiger charge is -2.17. The van der Waals surface area contributed by atoms with Crippen molar-refractivity contribution in [3.8, 4) is 0 Å². The lowest BCUT2D eigenvalue weighted by Crippen LogP contribution is -2.34. The van der Waals surface area contributed by atoms with E-state index in [1.165, 1.54) is 4.90 Å². The highest BCUT2D eigenvalue weighted by molar-refractivity contribution is 7.89. The summed E-state index contributed by atoms with van der Waals surface area (Å²) in [5.41, 5.74) is 1.59. The van der Waals surface area contributed by atoms with Crippen LogP contribution in [0.3, 0.4) is 0 Å². The molecule has 2 amide bonds. The number of benzene rings is 2. The monoisotopic (exact) mass is 360 g/mol. The van der Waals surface area contributed by atoms with Crippen LogP contribution in [0.15, 0.2) is 54.6 Å². The second-order valence-corrected chi connectivity index (χ2v) is 7.99. The quantitative estimate of drug-likeness (QED) is 0.853. The molecule has 0 spiro atoms. The van der Waals surface area contributed by atoms with Gasteiger partial charge in [0, 0.05) is 24.6 Å². The number of sulfone groups is 1. The normalized spacial score (nSPS) is 11.0. The van der Waals surface area contributed by atoms with E-state index in [9.17, 15) is 18.0 Å². The van der Waals surface area contributed by atoms with Gasteiger partial charge in [0.15, 0.2) is 9.84 Å². The van der Waals surface area contributed by atoms with E-state index in [0.29, 0.717) is 16.8 Å². The molecule has 0 aliphatic carbocycles. The summed E-state index contributed by atoms with van der Waals surface area (Å²) in [4.78, 5) is 25.7. The number of rotatable bonds is 6. The van der Waals surface area contributed by atoms with Crippen LogP contribution in [0.4, 0.5) is 5.69 Å². The number of amides is 2. The van der Waals surface area contributed by atoms with E-state index in [1.54, 1.807) is 55.6 Å². The Balaban J connectivity index is 1.98. The first-order valence-corrected chi connectivity index (χ1v) is 9.68. The van der Waals surface area contributed by atoms with Crippen molar-refractivity contribution in [3.05, 3.63) is 65.7 Å². The van der Waals surface area contributed by atoms with Gasteiger partial charge in [-0.15, -0.1) is 0 Å². The second-order valence-electron chi connectivity index (χ2n) is 5.85. The van der Waals surface area contributed by atoms with Gasteiger partial charge in [-0.3, -0.25) is 9.59 Å². The van der Waals surface area contributed by atoms with Crippen molar-refractivity contribution in [1.82, 2.24) is 4.90 Å². The van der Waals surface area contributed by atoms with Crippen LogP contribution < -0.4 is 5.32 Å². The Morgan fingerprint density at radius 1 is 1.04 bits per heavy atom. The van der Waals surface area contributed by atoms with E-state index in [0.717, 1.165) is 6.26 Å². The fourth-order valence-electron chi connectivity index (χ4n) is 2.33. The van der Waals surface area contributed by atoms with E-state index < -0.39 is 9.84 Å².